The van der Waals surface area contributed by atoms with E-state index in [0.29, 0.717) is 5.69 Å². The number of benzene rings is 1. The van der Waals surface area contributed by atoms with Gasteiger partial charge in [0.05, 0.1) is 7.11 Å². The van der Waals surface area contributed by atoms with Gasteiger partial charge >= 0.3 is 5.97 Å². The zero-order valence-corrected chi connectivity index (χ0v) is 11.3. The Bertz CT molecular complexity index is 540. The van der Waals surface area contributed by atoms with Crippen LogP contribution in [-0.4, -0.2) is 18.1 Å². The monoisotopic (exact) mass is 339 g/mol. The molecule has 86 valence electrons. The molecule has 3 nitrogen and oxygen atoms in total. The van der Waals surface area contributed by atoms with Crippen LogP contribution in [0.15, 0.2) is 42.6 Å². The van der Waals surface area contributed by atoms with Crippen molar-refractivity contribution in [1.82, 2.24) is 4.98 Å². The molecule has 17 heavy (non-hydrogen) atoms. The summed E-state index contributed by atoms with van der Waals surface area (Å²) in [6.07, 6.45) is 1.68. The number of halogens is 1. The van der Waals surface area contributed by atoms with Crippen LogP contribution in [0.2, 0.25) is 0 Å². The van der Waals surface area contributed by atoms with Crippen molar-refractivity contribution >= 4 is 28.6 Å². The molecule has 0 atom stereocenters. The average Bonchev–Trinajstić information content (AvgIpc) is 2.39. The summed E-state index contributed by atoms with van der Waals surface area (Å²) < 4.78 is 5.44. The number of ether oxygens (including phenoxy) is 1. The predicted octanol–water partition coefficient (Wildman–Crippen LogP) is 3.14. The standard InChI is InChI=1S/C13H10INO2/c1-17-13(16)12-11(14)7-10(8-15-12)9-5-3-2-4-6-9/h2-8H,1H3. The van der Waals surface area contributed by atoms with Gasteiger partial charge in [-0.3, -0.25) is 0 Å². The smallest absolute Gasteiger partial charge is 0.357 e. The number of hydrogen-bond acceptors (Lipinski definition) is 3. The van der Waals surface area contributed by atoms with Gasteiger partial charge in [0.25, 0.3) is 0 Å². The van der Waals surface area contributed by atoms with E-state index in [4.69, 9.17) is 0 Å². The van der Waals surface area contributed by atoms with Crippen LogP contribution in [-0.2, 0) is 4.74 Å². The molecule has 0 radical (unpaired) electrons. The first-order valence-corrected chi connectivity index (χ1v) is 6.09. The maximum atomic E-state index is 11.4. The lowest BCUT2D eigenvalue weighted by atomic mass is 10.1. The highest BCUT2D eigenvalue weighted by Crippen LogP contribution is 2.22. The summed E-state index contributed by atoms with van der Waals surface area (Å²) in [6.45, 7) is 0. The van der Waals surface area contributed by atoms with Gasteiger partial charge in [-0.25, -0.2) is 9.78 Å². The van der Waals surface area contributed by atoms with Crippen LogP contribution in [0.1, 0.15) is 10.5 Å². The number of methoxy groups -OCH3 is 1. The van der Waals surface area contributed by atoms with Crippen LogP contribution in [0, 0.1) is 3.57 Å². The Hall–Kier alpha value is -1.43. The largest absolute Gasteiger partial charge is 0.464 e. The molecule has 0 amide bonds. The molecule has 0 aliphatic heterocycles. The van der Waals surface area contributed by atoms with Crippen molar-refractivity contribution in [3.63, 3.8) is 0 Å². The SMILES string of the molecule is COC(=O)c1ncc(-c2ccccc2)cc1I. The van der Waals surface area contributed by atoms with Crippen molar-refractivity contribution in [2.24, 2.45) is 0 Å². The molecule has 0 aliphatic carbocycles. The van der Waals surface area contributed by atoms with E-state index in [1.165, 1.54) is 7.11 Å². The summed E-state index contributed by atoms with van der Waals surface area (Å²) in [5, 5.41) is 0. The molecule has 1 aromatic carbocycles. The summed E-state index contributed by atoms with van der Waals surface area (Å²) in [5.74, 6) is -0.408. The number of rotatable bonds is 2. The first kappa shape index (κ1) is 12.0. The first-order chi connectivity index (χ1) is 8.22. The molecular formula is C13H10INO2. The number of carbonyl (C=O) groups excluding carboxylic acids is 1. The molecule has 1 aromatic heterocycles. The molecule has 1 heterocycles. The van der Waals surface area contributed by atoms with Gasteiger partial charge in [0, 0.05) is 15.3 Å². The average molecular weight is 339 g/mol. The lowest BCUT2D eigenvalue weighted by molar-refractivity contribution is 0.0593. The van der Waals surface area contributed by atoms with Gasteiger partial charge in [-0.15, -0.1) is 0 Å². The number of hydrogen-bond donors (Lipinski definition) is 0. The second kappa shape index (κ2) is 5.27. The van der Waals surface area contributed by atoms with Crippen molar-refractivity contribution in [3.05, 3.63) is 51.9 Å². The molecule has 2 aromatic rings. The van der Waals surface area contributed by atoms with Crippen LogP contribution in [0.5, 0.6) is 0 Å². The summed E-state index contributed by atoms with van der Waals surface area (Å²) in [5.41, 5.74) is 2.42. The highest BCUT2D eigenvalue weighted by atomic mass is 127. The van der Waals surface area contributed by atoms with Crippen molar-refractivity contribution in [2.75, 3.05) is 7.11 Å². The van der Waals surface area contributed by atoms with Crippen LogP contribution in [0.25, 0.3) is 11.1 Å². The third-order valence-corrected chi connectivity index (χ3v) is 3.15. The van der Waals surface area contributed by atoms with E-state index in [0.717, 1.165) is 14.7 Å². The first-order valence-electron chi connectivity index (χ1n) is 5.01. The molecule has 0 fully saturated rings. The van der Waals surface area contributed by atoms with Gasteiger partial charge in [0.2, 0.25) is 0 Å². The Labute approximate surface area is 113 Å². The zero-order valence-electron chi connectivity index (χ0n) is 9.18. The second-order valence-electron chi connectivity index (χ2n) is 3.41. The maximum Gasteiger partial charge on any atom is 0.357 e. The lowest BCUT2D eigenvalue weighted by Crippen LogP contribution is -2.06. The molecule has 0 spiro atoms. The van der Waals surface area contributed by atoms with E-state index in [9.17, 15) is 4.79 Å². The molecule has 0 saturated heterocycles. The summed E-state index contributed by atoms with van der Waals surface area (Å²) >= 11 is 2.09. The van der Waals surface area contributed by atoms with E-state index in [-0.39, 0.29) is 0 Å². The number of nitrogens with zero attached hydrogens (tertiary/aromatic N) is 1. The maximum absolute atomic E-state index is 11.4. The summed E-state index contributed by atoms with van der Waals surface area (Å²) in [4.78, 5) is 15.5. The highest BCUT2D eigenvalue weighted by molar-refractivity contribution is 14.1. The van der Waals surface area contributed by atoms with E-state index in [1.54, 1.807) is 6.20 Å². The van der Waals surface area contributed by atoms with Gasteiger partial charge in [-0.1, -0.05) is 30.3 Å². The quantitative estimate of drug-likeness (QED) is 0.623. The fourth-order valence-corrected chi connectivity index (χ4v) is 2.17. The summed E-state index contributed by atoms with van der Waals surface area (Å²) in [7, 11) is 1.35. The van der Waals surface area contributed by atoms with Crippen LogP contribution < -0.4 is 0 Å². The molecule has 0 bridgehead atoms. The minimum Gasteiger partial charge on any atom is -0.464 e. The van der Waals surface area contributed by atoms with Gasteiger partial charge in [-0.2, -0.15) is 0 Å². The number of esters is 1. The summed E-state index contributed by atoms with van der Waals surface area (Å²) in [6, 6.07) is 11.8. The van der Waals surface area contributed by atoms with Crippen molar-refractivity contribution in [3.8, 4) is 11.1 Å². The van der Waals surface area contributed by atoms with Gasteiger partial charge in [-0.05, 0) is 34.2 Å². The molecule has 0 unspecified atom stereocenters. The molecule has 0 N–H and O–H groups in total. The number of carbonyl (C=O) groups is 1. The predicted molar refractivity (Wildman–Crippen MR) is 73.7 cm³/mol. The normalized spacial score (nSPS) is 10.0. The van der Waals surface area contributed by atoms with Crippen molar-refractivity contribution in [1.29, 1.82) is 0 Å². The van der Waals surface area contributed by atoms with Crippen LogP contribution in [0.4, 0.5) is 0 Å². The minimum atomic E-state index is -0.408. The molecular weight excluding hydrogens is 329 g/mol. The van der Waals surface area contributed by atoms with E-state index in [1.807, 2.05) is 36.4 Å². The van der Waals surface area contributed by atoms with Crippen molar-refractivity contribution < 1.29 is 9.53 Å². The highest BCUT2D eigenvalue weighted by Gasteiger charge is 2.12. The van der Waals surface area contributed by atoms with E-state index in [2.05, 4.69) is 32.3 Å². The third-order valence-electron chi connectivity index (χ3n) is 2.33. The van der Waals surface area contributed by atoms with Crippen LogP contribution >= 0.6 is 22.6 Å². The molecule has 2 rings (SSSR count). The topological polar surface area (TPSA) is 39.2 Å². The Morgan fingerprint density at radius 1 is 1.24 bits per heavy atom. The van der Waals surface area contributed by atoms with E-state index >= 15 is 0 Å². The number of pyridine rings is 1. The Kier molecular flexibility index (Phi) is 3.73. The number of aromatic nitrogens is 1. The van der Waals surface area contributed by atoms with Crippen molar-refractivity contribution in [2.45, 2.75) is 0 Å². The van der Waals surface area contributed by atoms with Gasteiger partial charge in [0.15, 0.2) is 5.69 Å². The Morgan fingerprint density at radius 3 is 2.53 bits per heavy atom. The zero-order chi connectivity index (χ0) is 12.3. The molecule has 0 saturated carbocycles. The minimum absolute atomic E-state index is 0.354. The lowest BCUT2D eigenvalue weighted by Gasteiger charge is -2.05. The van der Waals surface area contributed by atoms with E-state index < -0.39 is 5.97 Å². The second-order valence-corrected chi connectivity index (χ2v) is 4.57. The third kappa shape index (κ3) is 2.63. The fourth-order valence-electron chi connectivity index (χ4n) is 1.47. The fraction of sp³-hybridized carbons (Fsp3) is 0.0769. The van der Waals surface area contributed by atoms with Crippen LogP contribution in [0.3, 0.4) is 0 Å². The molecule has 0 aliphatic rings. The molecule has 4 heteroatoms. The van der Waals surface area contributed by atoms with Gasteiger partial charge < -0.3 is 4.74 Å². The Balaban J connectivity index is 2.41. The Morgan fingerprint density at radius 2 is 1.94 bits per heavy atom. The van der Waals surface area contributed by atoms with Gasteiger partial charge in [0.1, 0.15) is 0 Å².